The van der Waals surface area contributed by atoms with Gasteiger partial charge in [-0.25, -0.2) is 8.42 Å². The predicted octanol–water partition coefficient (Wildman–Crippen LogP) is 4.80. The molecule has 2 aliphatic rings. The molecule has 2 aliphatic carbocycles. The Morgan fingerprint density at radius 1 is 1.07 bits per heavy atom. The minimum absolute atomic E-state index is 0.117. The molecule has 0 unspecified atom stereocenters. The van der Waals surface area contributed by atoms with Gasteiger partial charge in [0.25, 0.3) is 10.0 Å². The molecule has 5 nitrogen and oxygen atoms in total. The average molecular weight is 467 g/mol. The summed E-state index contributed by atoms with van der Waals surface area (Å²) in [6.07, 6.45) is 4.50. The normalized spacial score (nSPS) is 22.8. The molecule has 0 spiro atoms. The number of benzene rings is 2. The largest absolute Gasteiger partial charge is 0.352 e. The summed E-state index contributed by atoms with van der Waals surface area (Å²) >= 11 is 12.1. The molecule has 4 rings (SSSR count). The van der Waals surface area contributed by atoms with Crippen molar-refractivity contribution in [3.05, 3.63) is 58.1 Å². The first kappa shape index (κ1) is 21.5. The van der Waals surface area contributed by atoms with E-state index in [0.29, 0.717) is 22.5 Å². The summed E-state index contributed by atoms with van der Waals surface area (Å²) in [5.74, 6) is 0.878. The van der Waals surface area contributed by atoms with Crippen LogP contribution in [0.3, 0.4) is 0 Å². The summed E-state index contributed by atoms with van der Waals surface area (Å²) in [5, 5.41) is 3.61. The Morgan fingerprint density at radius 2 is 1.80 bits per heavy atom. The van der Waals surface area contributed by atoms with E-state index in [1.165, 1.54) is 18.6 Å². The van der Waals surface area contributed by atoms with Crippen LogP contribution in [-0.4, -0.2) is 26.9 Å². The van der Waals surface area contributed by atoms with Crippen LogP contribution in [0.5, 0.6) is 0 Å². The lowest BCUT2D eigenvalue weighted by molar-refractivity contribution is -0.120. The maximum absolute atomic E-state index is 13.4. The van der Waals surface area contributed by atoms with Crippen molar-refractivity contribution in [1.29, 1.82) is 0 Å². The average Bonchev–Trinajstić information content (AvgIpc) is 3.32. The van der Waals surface area contributed by atoms with Crippen LogP contribution >= 0.6 is 23.2 Å². The molecule has 8 heteroatoms. The van der Waals surface area contributed by atoms with Gasteiger partial charge in [0.1, 0.15) is 6.54 Å². The Bertz CT molecular complexity index is 1060. The molecule has 2 bridgehead atoms. The first-order chi connectivity index (χ1) is 14.2. The lowest BCUT2D eigenvalue weighted by Gasteiger charge is -2.27. The first-order valence-corrected chi connectivity index (χ1v) is 12.3. The number of nitrogens with one attached hydrogen (secondary N) is 1. The number of nitrogens with zero attached hydrogens (tertiary/aromatic N) is 1. The summed E-state index contributed by atoms with van der Waals surface area (Å²) in [6, 6.07) is 11.3. The number of carbonyl (C=O) groups is 1. The molecule has 2 fully saturated rings. The van der Waals surface area contributed by atoms with E-state index in [-0.39, 0.29) is 28.4 Å². The summed E-state index contributed by atoms with van der Waals surface area (Å²) in [6.45, 7) is 1.57. The van der Waals surface area contributed by atoms with E-state index in [2.05, 4.69) is 5.32 Å². The van der Waals surface area contributed by atoms with Gasteiger partial charge in [-0.15, -0.1) is 0 Å². The monoisotopic (exact) mass is 466 g/mol. The lowest BCUT2D eigenvalue weighted by atomic mass is 9.95. The third-order valence-corrected chi connectivity index (χ3v) is 8.70. The molecule has 2 aromatic carbocycles. The number of sulfonamides is 1. The molecule has 0 saturated heterocycles. The van der Waals surface area contributed by atoms with Crippen LogP contribution < -0.4 is 9.62 Å². The van der Waals surface area contributed by atoms with Gasteiger partial charge in [-0.1, -0.05) is 47.3 Å². The number of rotatable bonds is 6. The van der Waals surface area contributed by atoms with E-state index in [1.54, 1.807) is 30.3 Å². The molecule has 0 radical (unpaired) electrons. The van der Waals surface area contributed by atoms with Crippen molar-refractivity contribution in [2.45, 2.75) is 43.5 Å². The number of fused-ring (bicyclic) bond motifs is 2. The van der Waals surface area contributed by atoms with Crippen LogP contribution in [0.25, 0.3) is 0 Å². The van der Waals surface area contributed by atoms with E-state index < -0.39 is 10.0 Å². The number of carbonyl (C=O) groups excluding carboxylic acids is 1. The zero-order valence-electron chi connectivity index (χ0n) is 16.6. The third kappa shape index (κ3) is 4.32. The maximum Gasteiger partial charge on any atom is 0.264 e. The van der Waals surface area contributed by atoms with Gasteiger partial charge in [0.15, 0.2) is 0 Å². The second-order valence-corrected chi connectivity index (χ2v) is 10.9. The van der Waals surface area contributed by atoms with Crippen LogP contribution in [0.15, 0.2) is 47.4 Å². The van der Waals surface area contributed by atoms with Gasteiger partial charge in [-0.05, 0) is 68.4 Å². The Labute approximate surface area is 187 Å². The number of anilines is 1. The van der Waals surface area contributed by atoms with Crippen molar-refractivity contribution in [3.8, 4) is 0 Å². The van der Waals surface area contributed by atoms with Crippen LogP contribution in [-0.2, 0) is 14.8 Å². The molecule has 0 aromatic heterocycles. The molecule has 30 heavy (non-hydrogen) atoms. The topological polar surface area (TPSA) is 66.5 Å². The van der Waals surface area contributed by atoms with Gasteiger partial charge < -0.3 is 5.32 Å². The van der Waals surface area contributed by atoms with Gasteiger partial charge in [-0.3, -0.25) is 9.10 Å². The van der Waals surface area contributed by atoms with E-state index in [9.17, 15) is 13.2 Å². The smallest absolute Gasteiger partial charge is 0.264 e. The summed E-state index contributed by atoms with van der Waals surface area (Å²) in [4.78, 5) is 13.0. The minimum Gasteiger partial charge on any atom is -0.352 e. The van der Waals surface area contributed by atoms with E-state index in [1.807, 2.05) is 6.92 Å². The van der Waals surface area contributed by atoms with E-state index in [0.717, 1.165) is 29.1 Å². The highest BCUT2D eigenvalue weighted by Gasteiger charge is 2.40. The van der Waals surface area contributed by atoms with Crippen molar-refractivity contribution in [1.82, 2.24) is 5.32 Å². The third-order valence-electron chi connectivity index (χ3n) is 6.17. The number of halogens is 2. The zero-order chi connectivity index (χ0) is 21.5. The molecule has 160 valence electrons. The van der Waals surface area contributed by atoms with Crippen LogP contribution in [0.1, 0.15) is 31.2 Å². The fourth-order valence-corrected chi connectivity index (χ4v) is 6.30. The Morgan fingerprint density at radius 3 is 2.40 bits per heavy atom. The quantitative estimate of drug-likeness (QED) is 0.664. The summed E-state index contributed by atoms with van der Waals surface area (Å²) < 4.78 is 27.9. The van der Waals surface area contributed by atoms with Crippen molar-refractivity contribution in [3.63, 3.8) is 0 Å². The summed E-state index contributed by atoms with van der Waals surface area (Å²) in [7, 11) is -3.97. The molecule has 1 N–H and O–H groups in total. The SMILES string of the molecule is Cc1ccc(S(=O)(=O)N(CC(=O)N[C@@H]2C[C@@H]3CC[C@H]2C3)c2ccc(Cl)c(Cl)c2)cc1. The van der Waals surface area contributed by atoms with Crippen molar-refractivity contribution in [2.24, 2.45) is 11.8 Å². The molecular formula is C22H24Cl2N2O3S. The van der Waals surface area contributed by atoms with Gasteiger partial charge in [0, 0.05) is 6.04 Å². The highest BCUT2D eigenvalue weighted by atomic mass is 35.5. The molecule has 3 atom stereocenters. The minimum atomic E-state index is -3.97. The lowest BCUT2D eigenvalue weighted by Crippen LogP contribution is -2.46. The van der Waals surface area contributed by atoms with Gasteiger partial charge in [0.05, 0.1) is 20.6 Å². The molecule has 0 heterocycles. The number of amides is 1. The van der Waals surface area contributed by atoms with Gasteiger partial charge >= 0.3 is 0 Å². The second-order valence-electron chi connectivity index (χ2n) is 8.27. The van der Waals surface area contributed by atoms with Crippen molar-refractivity contribution < 1.29 is 13.2 Å². The number of aryl methyl sites for hydroxylation is 1. The molecular weight excluding hydrogens is 443 g/mol. The molecule has 2 saturated carbocycles. The first-order valence-electron chi connectivity index (χ1n) is 10.1. The van der Waals surface area contributed by atoms with Gasteiger partial charge in [0.2, 0.25) is 5.91 Å². The summed E-state index contributed by atoms with van der Waals surface area (Å²) in [5.41, 5.74) is 1.25. The van der Waals surface area contributed by atoms with E-state index in [4.69, 9.17) is 23.2 Å². The Hall–Kier alpha value is -1.76. The number of hydrogen-bond donors (Lipinski definition) is 1. The Kier molecular flexibility index (Phi) is 6.02. The number of hydrogen-bond acceptors (Lipinski definition) is 3. The van der Waals surface area contributed by atoms with Crippen LogP contribution in [0.4, 0.5) is 5.69 Å². The van der Waals surface area contributed by atoms with E-state index >= 15 is 0 Å². The standard InChI is InChI=1S/C22H24Cl2N2O3S/c1-14-2-7-18(8-3-14)30(28,29)26(17-6-9-19(23)20(24)12-17)13-22(27)25-21-11-15-4-5-16(21)10-15/h2-3,6-9,12,15-16,21H,4-5,10-11,13H2,1H3,(H,25,27)/t15-,16+,21-/m1/s1. The highest BCUT2D eigenvalue weighted by molar-refractivity contribution is 7.92. The maximum atomic E-state index is 13.4. The molecule has 1 amide bonds. The van der Waals surface area contributed by atoms with Crippen LogP contribution in [0.2, 0.25) is 10.0 Å². The zero-order valence-corrected chi connectivity index (χ0v) is 19.0. The Balaban J connectivity index is 1.62. The predicted molar refractivity (Wildman–Crippen MR) is 120 cm³/mol. The molecule has 0 aliphatic heterocycles. The molecule has 2 aromatic rings. The fraction of sp³-hybridized carbons (Fsp3) is 0.409. The highest BCUT2D eigenvalue weighted by Crippen LogP contribution is 2.44. The van der Waals surface area contributed by atoms with Crippen molar-refractivity contribution >= 4 is 44.8 Å². The fourth-order valence-electron chi connectivity index (χ4n) is 4.60. The van der Waals surface area contributed by atoms with Gasteiger partial charge in [-0.2, -0.15) is 0 Å². The van der Waals surface area contributed by atoms with Crippen molar-refractivity contribution in [2.75, 3.05) is 10.8 Å². The van der Waals surface area contributed by atoms with Crippen LogP contribution in [0, 0.1) is 18.8 Å². The second kappa shape index (κ2) is 8.40.